The molecule has 3 rings (SSSR count). The Labute approximate surface area is 116 Å². The van der Waals surface area contributed by atoms with Gasteiger partial charge >= 0.3 is 0 Å². The molecule has 1 aliphatic rings. The van der Waals surface area contributed by atoms with Crippen LogP contribution in [0.15, 0.2) is 24.4 Å². The van der Waals surface area contributed by atoms with Gasteiger partial charge in [-0.3, -0.25) is 4.79 Å². The number of nitrogens with one attached hydrogen (secondary N) is 1. The summed E-state index contributed by atoms with van der Waals surface area (Å²) < 4.78 is 0. The van der Waals surface area contributed by atoms with Crippen LogP contribution in [0.1, 0.15) is 22.3 Å². The lowest BCUT2D eigenvalue weighted by Gasteiger charge is -2.21. The van der Waals surface area contributed by atoms with Crippen molar-refractivity contribution in [3.05, 3.63) is 35.5 Å². The molecule has 6 heteroatoms. The molecule has 0 spiro atoms. The number of nitrogens with two attached hydrogens (primary N) is 2. The Balaban J connectivity index is 2.23. The number of carbonyl (C=O) groups excluding carboxylic acids is 1. The van der Waals surface area contributed by atoms with E-state index in [4.69, 9.17) is 11.5 Å². The molecule has 0 aliphatic carbocycles. The summed E-state index contributed by atoms with van der Waals surface area (Å²) >= 11 is 0. The van der Waals surface area contributed by atoms with Gasteiger partial charge < -0.3 is 16.8 Å². The summed E-state index contributed by atoms with van der Waals surface area (Å²) in [7, 11) is 0. The Hall–Kier alpha value is -2.63. The Kier molecular flexibility index (Phi) is 2.98. The molecule has 0 unspecified atom stereocenters. The summed E-state index contributed by atoms with van der Waals surface area (Å²) in [6.45, 7) is 0.949. The van der Waals surface area contributed by atoms with Gasteiger partial charge in [-0.05, 0) is 24.5 Å². The number of anilines is 2. The van der Waals surface area contributed by atoms with Crippen molar-refractivity contribution < 1.29 is 4.79 Å². The second-order valence-corrected chi connectivity index (χ2v) is 4.72. The van der Waals surface area contributed by atoms with Gasteiger partial charge in [0.2, 0.25) is 5.95 Å². The van der Waals surface area contributed by atoms with Crippen molar-refractivity contribution in [3.63, 3.8) is 0 Å². The number of amides is 1. The molecule has 0 radical (unpaired) electrons. The second kappa shape index (κ2) is 4.80. The number of benzene rings is 1. The van der Waals surface area contributed by atoms with E-state index >= 15 is 0 Å². The molecule has 0 bridgehead atoms. The highest BCUT2D eigenvalue weighted by Crippen LogP contribution is 2.33. The number of hydrogen-bond acceptors (Lipinski definition) is 5. The third kappa shape index (κ3) is 2.05. The maximum absolute atomic E-state index is 11.6. The maximum Gasteiger partial charge on any atom is 0.252 e. The van der Waals surface area contributed by atoms with Crippen LogP contribution in [-0.2, 0) is 6.42 Å². The highest BCUT2D eigenvalue weighted by molar-refractivity contribution is 5.99. The van der Waals surface area contributed by atoms with E-state index in [1.165, 1.54) is 6.20 Å². The quantitative estimate of drug-likeness (QED) is 0.759. The first-order valence-electron chi connectivity index (χ1n) is 6.45. The Morgan fingerprint density at radius 2 is 2.20 bits per heavy atom. The largest absolute Gasteiger partial charge is 0.385 e. The van der Waals surface area contributed by atoms with Gasteiger partial charge in [-0.25, -0.2) is 9.97 Å². The number of nitrogens with zero attached hydrogens (tertiary/aromatic N) is 2. The number of primary amides is 1. The first kappa shape index (κ1) is 12.4. The minimum atomic E-state index is -0.554. The minimum Gasteiger partial charge on any atom is -0.385 e. The molecule has 1 aliphatic heterocycles. The summed E-state index contributed by atoms with van der Waals surface area (Å²) in [6, 6.07) is 5.88. The van der Waals surface area contributed by atoms with Crippen LogP contribution in [0.25, 0.3) is 11.3 Å². The van der Waals surface area contributed by atoms with Crippen molar-refractivity contribution in [2.24, 2.45) is 5.73 Å². The van der Waals surface area contributed by atoms with E-state index in [2.05, 4.69) is 15.3 Å². The Morgan fingerprint density at radius 3 is 3.00 bits per heavy atom. The van der Waals surface area contributed by atoms with Gasteiger partial charge in [-0.1, -0.05) is 12.1 Å². The third-order valence-electron chi connectivity index (χ3n) is 3.42. The molecule has 5 N–H and O–H groups in total. The summed E-state index contributed by atoms with van der Waals surface area (Å²) in [5.41, 5.74) is 14.9. The molecular weight excluding hydrogens is 254 g/mol. The standard InChI is InChI=1S/C14H15N5O/c15-13(20)10-7-18-14(16)19-12(10)9-3-1-5-11-8(9)4-2-6-17-11/h1,3,5,7,17H,2,4,6H2,(H2,15,20)(H2,16,18,19). The molecular formula is C14H15N5O. The van der Waals surface area contributed by atoms with Gasteiger partial charge in [0.05, 0.1) is 11.3 Å². The lowest BCUT2D eigenvalue weighted by atomic mass is 9.94. The molecule has 1 aromatic heterocycles. The summed E-state index contributed by atoms with van der Waals surface area (Å²) in [4.78, 5) is 19.6. The zero-order valence-corrected chi connectivity index (χ0v) is 10.9. The van der Waals surface area contributed by atoms with E-state index in [0.29, 0.717) is 5.69 Å². The molecule has 0 saturated heterocycles. The molecule has 0 atom stereocenters. The van der Waals surface area contributed by atoms with Crippen LogP contribution in [0.2, 0.25) is 0 Å². The zero-order chi connectivity index (χ0) is 14.1. The van der Waals surface area contributed by atoms with Crippen LogP contribution >= 0.6 is 0 Å². The highest BCUT2D eigenvalue weighted by atomic mass is 16.1. The number of aromatic nitrogens is 2. The average molecular weight is 269 g/mol. The molecule has 1 amide bonds. The van der Waals surface area contributed by atoms with Gasteiger partial charge in [-0.15, -0.1) is 0 Å². The van der Waals surface area contributed by atoms with Gasteiger partial charge in [0, 0.05) is 24.0 Å². The molecule has 6 nitrogen and oxygen atoms in total. The first-order chi connectivity index (χ1) is 9.66. The van der Waals surface area contributed by atoms with E-state index in [1.807, 2.05) is 18.2 Å². The predicted octanol–water partition coefficient (Wildman–Crippen LogP) is 1.18. The highest BCUT2D eigenvalue weighted by Gasteiger charge is 2.19. The Bertz CT molecular complexity index is 683. The molecule has 102 valence electrons. The monoisotopic (exact) mass is 269 g/mol. The maximum atomic E-state index is 11.6. The predicted molar refractivity (Wildman–Crippen MR) is 77.2 cm³/mol. The van der Waals surface area contributed by atoms with Crippen molar-refractivity contribution >= 4 is 17.5 Å². The van der Waals surface area contributed by atoms with E-state index < -0.39 is 5.91 Å². The number of rotatable bonds is 2. The minimum absolute atomic E-state index is 0.131. The van der Waals surface area contributed by atoms with Gasteiger partial charge in [0.15, 0.2) is 0 Å². The topological polar surface area (TPSA) is 107 Å². The molecule has 1 aromatic carbocycles. The van der Waals surface area contributed by atoms with E-state index in [0.717, 1.165) is 36.2 Å². The zero-order valence-electron chi connectivity index (χ0n) is 10.9. The number of fused-ring (bicyclic) bond motifs is 1. The van der Waals surface area contributed by atoms with Crippen molar-refractivity contribution in [3.8, 4) is 11.3 Å². The van der Waals surface area contributed by atoms with Gasteiger partial charge in [0.1, 0.15) is 0 Å². The molecule has 2 heterocycles. The first-order valence-corrected chi connectivity index (χ1v) is 6.45. The van der Waals surface area contributed by atoms with Gasteiger partial charge in [0.25, 0.3) is 5.91 Å². The van der Waals surface area contributed by atoms with Crippen LogP contribution in [0.3, 0.4) is 0 Å². The lowest BCUT2D eigenvalue weighted by Crippen LogP contribution is -2.17. The average Bonchev–Trinajstić information content (AvgIpc) is 2.46. The fraction of sp³-hybridized carbons (Fsp3) is 0.214. The van der Waals surface area contributed by atoms with Crippen LogP contribution in [0.5, 0.6) is 0 Å². The Morgan fingerprint density at radius 1 is 1.35 bits per heavy atom. The van der Waals surface area contributed by atoms with Crippen molar-refractivity contribution in [1.29, 1.82) is 0 Å². The summed E-state index contributed by atoms with van der Waals surface area (Å²) in [5.74, 6) is -0.423. The molecule has 20 heavy (non-hydrogen) atoms. The third-order valence-corrected chi connectivity index (χ3v) is 3.42. The van der Waals surface area contributed by atoms with Crippen LogP contribution in [-0.4, -0.2) is 22.4 Å². The van der Waals surface area contributed by atoms with Crippen molar-refractivity contribution in [1.82, 2.24) is 9.97 Å². The second-order valence-electron chi connectivity index (χ2n) is 4.72. The van der Waals surface area contributed by atoms with Gasteiger partial charge in [-0.2, -0.15) is 0 Å². The van der Waals surface area contributed by atoms with Crippen molar-refractivity contribution in [2.75, 3.05) is 17.6 Å². The summed E-state index contributed by atoms with van der Waals surface area (Å²) in [6.07, 6.45) is 3.35. The van der Waals surface area contributed by atoms with Crippen LogP contribution < -0.4 is 16.8 Å². The van der Waals surface area contributed by atoms with E-state index in [1.54, 1.807) is 0 Å². The number of carbonyl (C=O) groups is 1. The van der Waals surface area contributed by atoms with Crippen LogP contribution in [0.4, 0.5) is 11.6 Å². The number of hydrogen-bond donors (Lipinski definition) is 3. The van der Waals surface area contributed by atoms with Crippen LogP contribution in [0, 0.1) is 0 Å². The smallest absolute Gasteiger partial charge is 0.252 e. The van der Waals surface area contributed by atoms with E-state index in [-0.39, 0.29) is 11.5 Å². The fourth-order valence-electron chi connectivity index (χ4n) is 2.51. The number of nitrogen functional groups attached to an aromatic ring is 1. The fourth-order valence-corrected chi connectivity index (χ4v) is 2.51. The summed E-state index contributed by atoms with van der Waals surface area (Å²) in [5, 5.41) is 3.35. The molecule has 0 saturated carbocycles. The van der Waals surface area contributed by atoms with E-state index in [9.17, 15) is 4.79 Å². The normalized spacial score (nSPS) is 13.4. The lowest BCUT2D eigenvalue weighted by molar-refractivity contribution is 0.100. The SMILES string of the molecule is NC(=O)c1cnc(N)nc1-c1cccc2c1CCCN2. The molecule has 2 aromatic rings. The molecule has 0 fully saturated rings. The van der Waals surface area contributed by atoms with Crippen molar-refractivity contribution in [2.45, 2.75) is 12.8 Å².